The predicted molar refractivity (Wildman–Crippen MR) is 202 cm³/mol. The molecule has 5 nitrogen and oxygen atoms in total. The molecule has 0 amide bonds. The van der Waals surface area contributed by atoms with Crippen molar-refractivity contribution in [3.8, 4) is 56.4 Å². The molecule has 7 aromatic carbocycles. The van der Waals surface area contributed by atoms with Gasteiger partial charge in [0, 0.05) is 38.2 Å². The Kier molecular flexibility index (Phi) is 6.42. The van der Waals surface area contributed by atoms with Crippen LogP contribution in [0.2, 0.25) is 0 Å². The third-order valence-corrected chi connectivity index (χ3v) is 9.37. The van der Waals surface area contributed by atoms with Crippen LogP contribution in [-0.2, 0) is 0 Å². The van der Waals surface area contributed by atoms with Crippen LogP contribution in [0.5, 0.6) is 0 Å². The smallest absolute Gasteiger partial charge is 0.167 e. The van der Waals surface area contributed by atoms with Gasteiger partial charge in [0.25, 0.3) is 0 Å². The first-order valence-electron chi connectivity index (χ1n) is 16.6. The Balaban J connectivity index is 1.14. The standard InChI is InChI=1S/C45H27N3O2/c1-3-12-29(13-4-1)40-32(26-27-39-41(40)35-17-8-10-21-38(35)49-39)28-22-24-31(25-23-28)44-46-43(30-14-5-2-6-15-30)47-45(48-44)36-19-11-18-34-33-16-7-9-20-37(33)50-42(34)36/h1-27H. The average molecular weight is 642 g/mol. The minimum atomic E-state index is 0.561. The van der Waals surface area contributed by atoms with Crippen LogP contribution < -0.4 is 0 Å². The highest BCUT2D eigenvalue weighted by Crippen LogP contribution is 2.43. The molecule has 0 fully saturated rings. The molecule has 0 saturated carbocycles. The summed E-state index contributed by atoms with van der Waals surface area (Å²) in [4.78, 5) is 15.0. The van der Waals surface area contributed by atoms with Crippen molar-refractivity contribution in [3.63, 3.8) is 0 Å². The summed E-state index contributed by atoms with van der Waals surface area (Å²) in [5, 5.41) is 4.31. The number of nitrogens with zero attached hydrogens (tertiary/aromatic N) is 3. The van der Waals surface area contributed by atoms with Crippen molar-refractivity contribution in [2.75, 3.05) is 0 Å². The van der Waals surface area contributed by atoms with E-state index in [1.165, 1.54) is 0 Å². The fraction of sp³-hybridized carbons (Fsp3) is 0. The lowest BCUT2D eigenvalue weighted by molar-refractivity contribution is 0.669. The van der Waals surface area contributed by atoms with E-state index < -0.39 is 0 Å². The lowest BCUT2D eigenvalue weighted by atomic mass is 9.90. The Morgan fingerprint density at radius 1 is 0.320 bits per heavy atom. The average Bonchev–Trinajstić information content (AvgIpc) is 3.77. The molecule has 10 aromatic rings. The number of fused-ring (bicyclic) bond motifs is 6. The van der Waals surface area contributed by atoms with Gasteiger partial charge in [-0.05, 0) is 41.0 Å². The minimum absolute atomic E-state index is 0.561. The zero-order chi connectivity index (χ0) is 33.0. The van der Waals surface area contributed by atoms with E-state index >= 15 is 0 Å². The molecule has 0 spiro atoms. The van der Waals surface area contributed by atoms with E-state index in [0.717, 1.165) is 82.8 Å². The quantitative estimate of drug-likeness (QED) is 0.187. The summed E-state index contributed by atoms with van der Waals surface area (Å²) < 4.78 is 12.7. The van der Waals surface area contributed by atoms with Gasteiger partial charge >= 0.3 is 0 Å². The largest absolute Gasteiger partial charge is 0.456 e. The number of aromatic nitrogens is 3. The Hall–Kier alpha value is -6.85. The predicted octanol–water partition coefficient (Wildman–Crippen LogP) is 12.0. The summed E-state index contributed by atoms with van der Waals surface area (Å²) in [5.41, 5.74) is 10.5. The highest BCUT2D eigenvalue weighted by Gasteiger charge is 2.20. The molecule has 5 heteroatoms. The Bertz CT molecular complexity index is 2850. The lowest BCUT2D eigenvalue weighted by Crippen LogP contribution is -2.00. The number of hydrogen-bond donors (Lipinski definition) is 0. The molecule has 0 radical (unpaired) electrons. The lowest BCUT2D eigenvalue weighted by Gasteiger charge is -2.13. The molecule has 0 bridgehead atoms. The van der Waals surface area contributed by atoms with Gasteiger partial charge < -0.3 is 8.83 Å². The van der Waals surface area contributed by atoms with Crippen molar-refractivity contribution in [1.29, 1.82) is 0 Å². The topological polar surface area (TPSA) is 65.0 Å². The first-order valence-corrected chi connectivity index (χ1v) is 16.6. The first kappa shape index (κ1) is 28.2. The summed E-state index contributed by atoms with van der Waals surface area (Å²) in [6.45, 7) is 0. The molecule has 50 heavy (non-hydrogen) atoms. The van der Waals surface area contributed by atoms with E-state index in [1.807, 2.05) is 78.9 Å². The normalized spacial score (nSPS) is 11.6. The van der Waals surface area contributed by atoms with Gasteiger partial charge in [0.1, 0.15) is 22.3 Å². The maximum Gasteiger partial charge on any atom is 0.167 e. The van der Waals surface area contributed by atoms with Crippen LogP contribution in [0.1, 0.15) is 0 Å². The Morgan fingerprint density at radius 2 is 0.880 bits per heavy atom. The molecule has 0 aliphatic carbocycles. The molecule has 0 saturated heterocycles. The fourth-order valence-corrected chi connectivity index (χ4v) is 7.03. The zero-order valence-corrected chi connectivity index (χ0v) is 26.7. The van der Waals surface area contributed by atoms with E-state index in [2.05, 4.69) is 84.9 Å². The van der Waals surface area contributed by atoms with E-state index in [-0.39, 0.29) is 0 Å². The van der Waals surface area contributed by atoms with Crippen LogP contribution >= 0.6 is 0 Å². The molecular formula is C45H27N3O2. The molecule has 0 aliphatic heterocycles. The van der Waals surface area contributed by atoms with Crippen molar-refractivity contribution in [2.45, 2.75) is 0 Å². The maximum absolute atomic E-state index is 6.39. The number of hydrogen-bond acceptors (Lipinski definition) is 5. The molecule has 0 aliphatic rings. The van der Waals surface area contributed by atoms with Gasteiger partial charge in [-0.3, -0.25) is 0 Å². The van der Waals surface area contributed by atoms with Crippen molar-refractivity contribution in [3.05, 3.63) is 164 Å². The highest BCUT2D eigenvalue weighted by molar-refractivity contribution is 6.16. The summed E-state index contributed by atoms with van der Waals surface area (Å²) in [5.74, 6) is 1.76. The van der Waals surface area contributed by atoms with Gasteiger partial charge in [0.05, 0.1) is 5.56 Å². The molecule has 0 atom stereocenters. The molecule has 0 N–H and O–H groups in total. The van der Waals surface area contributed by atoms with E-state index in [4.69, 9.17) is 23.8 Å². The first-order chi connectivity index (χ1) is 24.8. The van der Waals surface area contributed by atoms with Crippen molar-refractivity contribution in [1.82, 2.24) is 15.0 Å². The van der Waals surface area contributed by atoms with E-state index in [1.54, 1.807) is 0 Å². The van der Waals surface area contributed by atoms with Crippen LogP contribution in [0.3, 0.4) is 0 Å². The summed E-state index contributed by atoms with van der Waals surface area (Å²) in [6, 6.07) is 55.7. The molecule has 3 aromatic heterocycles. The summed E-state index contributed by atoms with van der Waals surface area (Å²) in [7, 11) is 0. The second-order valence-corrected chi connectivity index (χ2v) is 12.4. The van der Waals surface area contributed by atoms with Crippen LogP contribution in [0, 0.1) is 0 Å². The highest BCUT2D eigenvalue weighted by atomic mass is 16.3. The Labute approximate surface area is 287 Å². The second-order valence-electron chi connectivity index (χ2n) is 12.4. The summed E-state index contributed by atoms with van der Waals surface area (Å²) in [6.07, 6.45) is 0. The SMILES string of the molecule is c1ccc(-c2nc(-c3ccc(-c4ccc5oc6ccccc6c5c4-c4ccccc4)cc3)nc(-c3cccc4c3oc3ccccc34)n2)cc1. The third-order valence-electron chi connectivity index (χ3n) is 9.37. The Morgan fingerprint density at radius 3 is 1.62 bits per heavy atom. The van der Waals surface area contributed by atoms with E-state index in [9.17, 15) is 0 Å². The molecule has 0 unspecified atom stereocenters. The van der Waals surface area contributed by atoms with Crippen LogP contribution in [0.15, 0.2) is 173 Å². The number of furan rings is 2. The number of benzene rings is 7. The van der Waals surface area contributed by atoms with Gasteiger partial charge in [0.15, 0.2) is 17.5 Å². The van der Waals surface area contributed by atoms with Crippen molar-refractivity contribution < 1.29 is 8.83 Å². The van der Waals surface area contributed by atoms with Crippen LogP contribution in [0.4, 0.5) is 0 Å². The van der Waals surface area contributed by atoms with Gasteiger partial charge in [-0.25, -0.2) is 15.0 Å². The second kappa shape index (κ2) is 11.4. The third kappa shape index (κ3) is 4.60. The van der Waals surface area contributed by atoms with Crippen molar-refractivity contribution in [2.24, 2.45) is 0 Å². The minimum Gasteiger partial charge on any atom is -0.456 e. The van der Waals surface area contributed by atoms with Crippen LogP contribution in [-0.4, -0.2) is 15.0 Å². The maximum atomic E-state index is 6.39. The molecule has 10 rings (SSSR count). The monoisotopic (exact) mass is 641 g/mol. The van der Waals surface area contributed by atoms with Gasteiger partial charge in [-0.2, -0.15) is 0 Å². The number of para-hydroxylation sites is 3. The molecule has 234 valence electrons. The van der Waals surface area contributed by atoms with Gasteiger partial charge in [-0.15, -0.1) is 0 Å². The fourth-order valence-electron chi connectivity index (χ4n) is 7.03. The van der Waals surface area contributed by atoms with E-state index in [0.29, 0.717) is 17.5 Å². The molecular weight excluding hydrogens is 615 g/mol. The summed E-state index contributed by atoms with van der Waals surface area (Å²) >= 11 is 0. The van der Waals surface area contributed by atoms with Gasteiger partial charge in [-0.1, -0.05) is 140 Å². The number of rotatable bonds is 5. The zero-order valence-electron chi connectivity index (χ0n) is 26.7. The molecule has 3 heterocycles. The van der Waals surface area contributed by atoms with Crippen LogP contribution in [0.25, 0.3) is 100 Å². The van der Waals surface area contributed by atoms with Gasteiger partial charge in [0.2, 0.25) is 0 Å². The van der Waals surface area contributed by atoms with Crippen molar-refractivity contribution >= 4 is 43.9 Å².